The summed E-state index contributed by atoms with van der Waals surface area (Å²) in [6, 6.07) is 9.45. The summed E-state index contributed by atoms with van der Waals surface area (Å²) in [7, 11) is 0. The summed E-state index contributed by atoms with van der Waals surface area (Å²) in [6.07, 6.45) is -6.63. The van der Waals surface area contributed by atoms with Crippen LogP contribution < -0.4 is 10.1 Å². The summed E-state index contributed by atoms with van der Waals surface area (Å²) in [5.74, 6) is -3.78. The standard InChI is InChI=1S/C22H21NO11/c24-11-4-1-10(2-5-11)3-8-15(25)23-14-7-6-12(9-13(14)20(29)30)33-22-18(28)16(26)17(27)19(34-22)21(31)32/h1-9,16-19,22,24,26-28H,(H,23,25)(H,29,30)(H,31,32)/b8-3+/t16-,17-,18+,19-,22+/m0/s1. The zero-order chi connectivity index (χ0) is 25.0. The molecule has 1 aliphatic rings. The molecule has 1 fully saturated rings. The number of aromatic hydroxyl groups is 1. The van der Waals surface area contributed by atoms with Crippen molar-refractivity contribution in [2.45, 2.75) is 30.7 Å². The molecule has 0 bridgehead atoms. The van der Waals surface area contributed by atoms with Gasteiger partial charge < -0.3 is 45.4 Å². The molecule has 34 heavy (non-hydrogen) atoms. The van der Waals surface area contributed by atoms with E-state index >= 15 is 0 Å². The smallest absolute Gasteiger partial charge is 0.337 e. The van der Waals surface area contributed by atoms with Gasteiger partial charge in [-0.25, -0.2) is 9.59 Å². The summed E-state index contributed by atoms with van der Waals surface area (Å²) in [5.41, 5.74) is 0.155. The Hall–Kier alpha value is -3.97. The lowest BCUT2D eigenvalue weighted by molar-refractivity contribution is -0.271. The second kappa shape index (κ2) is 10.3. The molecule has 2 aromatic carbocycles. The number of benzene rings is 2. The van der Waals surface area contributed by atoms with Crippen LogP contribution in [-0.2, 0) is 14.3 Å². The van der Waals surface area contributed by atoms with E-state index in [1.807, 2.05) is 0 Å². The maximum atomic E-state index is 12.2. The quantitative estimate of drug-likeness (QED) is 0.266. The molecule has 1 heterocycles. The molecule has 2 aromatic rings. The molecule has 1 amide bonds. The van der Waals surface area contributed by atoms with E-state index in [1.165, 1.54) is 30.3 Å². The average molecular weight is 475 g/mol. The highest BCUT2D eigenvalue weighted by molar-refractivity contribution is 6.06. The average Bonchev–Trinajstić information content (AvgIpc) is 2.79. The van der Waals surface area contributed by atoms with Crippen molar-refractivity contribution in [1.29, 1.82) is 0 Å². The molecule has 0 unspecified atom stereocenters. The lowest BCUT2D eigenvalue weighted by atomic mass is 9.99. The second-order valence-electron chi connectivity index (χ2n) is 7.28. The van der Waals surface area contributed by atoms with Crippen LogP contribution in [0.2, 0.25) is 0 Å². The minimum Gasteiger partial charge on any atom is -0.508 e. The minimum absolute atomic E-state index is 0.0605. The van der Waals surface area contributed by atoms with Crippen molar-refractivity contribution in [3.8, 4) is 11.5 Å². The van der Waals surface area contributed by atoms with Gasteiger partial charge in [-0.1, -0.05) is 12.1 Å². The Labute approximate surface area is 191 Å². The van der Waals surface area contributed by atoms with Gasteiger partial charge in [0.15, 0.2) is 6.10 Å². The Morgan fingerprint density at radius 1 is 0.941 bits per heavy atom. The number of aliphatic hydroxyl groups excluding tert-OH is 3. The van der Waals surface area contributed by atoms with E-state index in [-0.39, 0.29) is 22.7 Å². The molecular formula is C22H21NO11. The van der Waals surface area contributed by atoms with E-state index in [4.69, 9.17) is 14.6 Å². The monoisotopic (exact) mass is 475 g/mol. The van der Waals surface area contributed by atoms with E-state index in [0.29, 0.717) is 5.56 Å². The topological polar surface area (TPSA) is 203 Å². The van der Waals surface area contributed by atoms with Gasteiger partial charge in [0.05, 0.1) is 11.3 Å². The predicted octanol–water partition coefficient (Wildman–Crippen LogP) is 0.0133. The first kappa shape index (κ1) is 24.7. The molecule has 0 aliphatic carbocycles. The number of carboxylic acids is 2. The molecule has 12 nitrogen and oxygen atoms in total. The highest BCUT2D eigenvalue weighted by Gasteiger charge is 2.48. The number of phenols is 1. The molecule has 0 saturated carbocycles. The third kappa shape index (κ3) is 5.68. The molecule has 12 heteroatoms. The van der Waals surface area contributed by atoms with Crippen LogP contribution in [-0.4, -0.2) is 79.2 Å². The Balaban J connectivity index is 1.75. The zero-order valence-electron chi connectivity index (χ0n) is 17.3. The number of anilines is 1. The number of carbonyl (C=O) groups is 3. The normalized spacial score (nSPS) is 24.5. The molecule has 0 spiro atoms. The number of hydrogen-bond donors (Lipinski definition) is 7. The second-order valence-corrected chi connectivity index (χ2v) is 7.28. The molecule has 0 aromatic heterocycles. The van der Waals surface area contributed by atoms with Crippen molar-refractivity contribution in [3.63, 3.8) is 0 Å². The van der Waals surface area contributed by atoms with Crippen LogP contribution in [0.4, 0.5) is 5.69 Å². The van der Waals surface area contributed by atoms with Crippen molar-refractivity contribution in [2.75, 3.05) is 5.32 Å². The first-order valence-corrected chi connectivity index (χ1v) is 9.81. The van der Waals surface area contributed by atoms with E-state index in [2.05, 4.69) is 5.32 Å². The molecule has 180 valence electrons. The van der Waals surface area contributed by atoms with Gasteiger partial charge in [-0.15, -0.1) is 0 Å². The van der Waals surface area contributed by atoms with Gasteiger partial charge in [0, 0.05) is 6.08 Å². The Bertz CT molecular complexity index is 1100. The van der Waals surface area contributed by atoms with E-state index in [1.54, 1.807) is 12.1 Å². The molecule has 0 radical (unpaired) electrons. The number of aromatic carboxylic acids is 1. The molecule has 1 saturated heterocycles. The number of phenolic OH excluding ortho intramolecular Hbond substituents is 1. The molecule has 3 rings (SSSR count). The van der Waals surface area contributed by atoms with E-state index in [0.717, 1.165) is 12.1 Å². The SMILES string of the molecule is O=C(/C=C/c1ccc(O)cc1)Nc1ccc(O[C@@H]2O[C@H](C(=O)O)[C@@H](O)[C@H](O)[C@H]2O)cc1C(=O)O. The summed E-state index contributed by atoms with van der Waals surface area (Å²) >= 11 is 0. The molecule has 1 aliphatic heterocycles. The van der Waals surface area contributed by atoms with Crippen molar-refractivity contribution < 1.29 is 54.5 Å². The van der Waals surface area contributed by atoms with Crippen molar-refractivity contribution in [1.82, 2.24) is 0 Å². The first-order chi connectivity index (χ1) is 16.1. The number of carboxylic acid groups (broad SMARTS) is 2. The minimum atomic E-state index is -1.91. The van der Waals surface area contributed by atoms with Gasteiger partial charge in [-0.2, -0.15) is 0 Å². The summed E-state index contributed by atoms with van der Waals surface area (Å²) in [6.45, 7) is 0. The van der Waals surface area contributed by atoms with Gasteiger partial charge in [-0.3, -0.25) is 4.79 Å². The number of hydrogen-bond acceptors (Lipinski definition) is 9. The zero-order valence-corrected chi connectivity index (χ0v) is 17.3. The first-order valence-electron chi connectivity index (χ1n) is 9.81. The third-order valence-corrected chi connectivity index (χ3v) is 4.86. The van der Waals surface area contributed by atoms with Crippen LogP contribution in [0, 0.1) is 0 Å². The Morgan fingerprint density at radius 2 is 1.62 bits per heavy atom. The molecular weight excluding hydrogens is 454 g/mol. The van der Waals surface area contributed by atoms with Crippen molar-refractivity contribution in [2.24, 2.45) is 0 Å². The highest BCUT2D eigenvalue weighted by Crippen LogP contribution is 2.28. The summed E-state index contributed by atoms with van der Waals surface area (Å²) < 4.78 is 10.3. The van der Waals surface area contributed by atoms with Gasteiger partial charge in [0.25, 0.3) is 0 Å². The number of rotatable bonds is 7. The van der Waals surface area contributed by atoms with Crippen molar-refractivity contribution >= 4 is 29.6 Å². The number of ether oxygens (including phenoxy) is 2. The maximum Gasteiger partial charge on any atom is 0.337 e. The highest BCUT2D eigenvalue weighted by atomic mass is 16.7. The van der Waals surface area contributed by atoms with E-state index < -0.39 is 48.6 Å². The fourth-order valence-electron chi connectivity index (χ4n) is 3.10. The maximum absolute atomic E-state index is 12.2. The third-order valence-electron chi connectivity index (χ3n) is 4.86. The van der Waals surface area contributed by atoms with Gasteiger partial charge in [0.2, 0.25) is 12.2 Å². The van der Waals surface area contributed by atoms with Crippen LogP contribution in [0.1, 0.15) is 15.9 Å². The fourth-order valence-corrected chi connectivity index (χ4v) is 3.10. The lowest BCUT2D eigenvalue weighted by Crippen LogP contribution is -2.61. The van der Waals surface area contributed by atoms with E-state index in [9.17, 15) is 39.9 Å². The van der Waals surface area contributed by atoms with Gasteiger partial charge in [0.1, 0.15) is 29.8 Å². The van der Waals surface area contributed by atoms with Crippen LogP contribution >= 0.6 is 0 Å². The van der Waals surface area contributed by atoms with Crippen LogP contribution in [0.3, 0.4) is 0 Å². The number of nitrogens with one attached hydrogen (secondary N) is 1. The number of amides is 1. The van der Waals surface area contributed by atoms with Crippen LogP contribution in [0.15, 0.2) is 48.5 Å². The number of aliphatic carboxylic acids is 1. The Morgan fingerprint density at radius 3 is 2.24 bits per heavy atom. The summed E-state index contributed by atoms with van der Waals surface area (Å²) in [5, 5.41) is 59.9. The van der Waals surface area contributed by atoms with Gasteiger partial charge in [-0.05, 0) is 42.0 Å². The predicted molar refractivity (Wildman–Crippen MR) is 114 cm³/mol. The molecule has 5 atom stereocenters. The Kier molecular flexibility index (Phi) is 7.48. The largest absolute Gasteiger partial charge is 0.508 e. The molecule has 7 N–H and O–H groups in total. The summed E-state index contributed by atoms with van der Waals surface area (Å²) in [4.78, 5) is 35.1. The van der Waals surface area contributed by atoms with Gasteiger partial charge >= 0.3 is 11.9 Å². The number of aliphatic hydroxyl groups is 3. The van der Waals surface area contributed by atoms with Crippen LogP contribution in [0.5, 0.6) is 11.5 Å². The number of carbonyl (C=O) groups excluding carboxylic acids is 1. The lowest BCUT2D eigenvalue weighted by Gasteiger charge is -2.38. The fraction of sp³-hybridized carbons (Fsp3) is 0.227. The van der Waals surface area contributed by atoms with Crippen molar-refractivity contribution in [3.05, 3.63) is 59.7 Å². The van der Waals surface area contributed by atoms with Crippen LogP contribution in [0.25, 0.3) is 6.08 Å².